The van der Waals surface area contributed by atoms with E-state index in [1.54, 1.807) is 6.07 Å². The number of hydrogen-bond acceptors (Lipinski definition) is 2. The number of hydrogen-bond donors (Lipinski definition) is 2. The van der Waals surface area contributed by atoms with Crippen molar-refractivity contribution < 1.29 is 10.2 Å². The molecule has 0 fully saturated rings. The van der Waals surface area contributed by atoms with Crippen LogP contribution in [0.1, 0.15) is 0 Å². The van der Waals surface area contributed by atoms with Crippen LogP contribution in [0.5, 0.6) is 11.5 Å². The van der Waals surface area contributed by atoms with Gasteiger partial charge < -0.3 is 10.2 Å². The number of phenols is 2. The second kappa shape index (κ2) is 3.69. The molecule has 3 heteroatoms. The fraction of sp³-hybridized carbons (Fsp3) is 0. The van der Waals surface area contributed by atoms with Gasteiger partial charge in [0.25, 0.3) is 0 Å². The van der Waals surface area contributed by atoms with E-state index in [0.29, 0.717) is 5.56 Å². The molecule has 72 valence electrons. The third-order valence-corrected chi connectivity index (χ3v) is 2.28. The number of aromatic hydroxyl groups is 2. The van der Waals surface area contributed by atoms with Gasteiger partial charge in [-0.2, -0.15) is 0 Å². The van der Waals surface area contributed by atoms with Gasteiger partial charge in [-0.3, -0.25) is 0 Å². The Kier molecular flexibility index (Phi) is 2.38. The molecule has 0 unspecified atom stereocenters. The summed E-state index contributed by atoms with van der Waals surface area (Å²) in [5.74, 6) is -0.187. The van der Waals surface area contributed by atoms with Crippen LogP contribution in [-0.4, -0.2) is 18.1 Å². The molecule has 2 aromatic rings. The second-order valence-electron chi connectivity index (χ2n) is 3.26. The van der Waals surface area contributed by atoms with Crippen LogP contribution in [-0.2, 0) is 0 Å². The number of benzene rings is 2. The van der Waals surface area contributed by atoms with Gasteiger partial charge in [0.2, 0.25) is 0 Å². The Hall–Kier alpha value is -1.90. The van der Waals surface area contributed by atoms with E-state index in [-0.39, 0.29) is 17.0 Å². The van der Waals surface area contributed by atoms with E-state index in [9.17, 15) is 10.2 Å². The standard InChI is InChI=1S/C12H9BO2/c13-11-10(14)7-6-9(12(11)15)8-4-2-1-3-5-8/h1-7,14-15H. The van der Waals surface area contributed by atoms with Crippen molar-refractivity contribution in [2.75, 3.05) is 0 Å². The summed E-state index contributed by atoms with van der Waals surface area (Å²) >= 11 is 0. The van der Waals surface area contributed by atoms with Crippen LogP contribution in [0.2, 0.25) is 0 Å². The van der Waals surface area contributed by atoms with Gasteiger partial charge in [-0.15, -0.1) is 0 Å². The van der Waals surface area contributed by atoms with E-state index in [2.05, 4.69) is 0 Å². The molecule has 0 atom stereocenters. The topological polar surface area (TPSA) is 40.5 Å². The lowest BCUT2D eigenvalue weighted by molar-refractivity contribution is 0.459. The molecule has 0 aromatic heterocycles. The highest BCUT2D eigenvalue weighted by atomic mass is 16.3. The van der Waals surface area contributed by atoms with E-state index in [4.69, 9.17) is 7.85 Å². The third-order valence-electron chi connectivity index (χ3n) is 2.28. The zero-order valence-electron chi connectivity index (χ0n) is 8.01. The highest BCUT2D eigenvalue weighted by Gasteiger charge is 2.08. The Morgan fingerprint density at radius 1 is 0.867 bits per heavy atom. The fourth-order valence-electron chi connectivity index (χ4n) is 1.45. The van der Waals surface area contributed by atoms with Crippen LogP contribution in [0.3, 0.4) is 0 Å². The van der Waals surface area contributed by atoms with Crippen LogP contribution in [0.25, 0.3) is 11.1 Å². The summed E-state index contributed by atoms with van der Waals surface area (Å²) in [6.45, 7) is 0. The van der Waals surface area contributed by atoms with Crippen molar-refractivity contribution in [2.24, 2.45) is 0 Å². The van der Waals surface area contributed by atoms with Gasteiger partial charge in [0.05, 0.1) is 0 Å². The van der Waals surface area contributed by atoms with Crippen LogP contribution in [0.15, 0.2) is 42.5 Å². The summed E-state index contributed by atoms with van der Waals surface area (Å²) in [6, 6.07) is 12.5. The number of rotatable bonds is 1. The molecule has 0 aliphatic heterocycles. The van der Waals surface area contributed by atoms with Crippen molar-refractivity contribution in [3.05, 3.63) is 42.5 Å². The van der Waals surface area contributed by atoms with Gasteiger partial charge in [-0.1, -0.05) is 30.3 Å². The largest absolute Gasteiger partial charge is 0.508 e. The van der Waals surface area contributed by atoms with Crippen LogP contribution in [0, 0.1) is 0 Å². The minimum absolute atomic E-state index is 0.0105. The van der Waals surface area contributed by atoms with Crippen molar-refractivity contribution in [2.45, 2.75) is 0 Å². The Morgan fingerprint density at radius 2 is 1.53 bits per heavy atom. The summed E-state index contributed by atoms with van der Waals surface area (Å²) in [7, 11) is 5.52. The maximum atomic E-state index is 9.75. The molecule has 2 rings (SSSR count). The molecule has 0 bridgehead atoms. The Labute approximate surface area is 89.2 Å². The second-order valence-corrected chi connectivity index (χ2v) is 3.26. The van der Waals surface area contributed by atoms with Gasteiger partial charge in [0, 0.05) is 5.56 Å². The molecule has 0 amide bonds. The summed E-state index contributed by atoms with van der Waals surface area (Å²) < 4.78 is 0. The summed E-state index contributed by atoms with van der Waals surface area (Å²) in [5, 5.41) is 19.0. The van der Waals surface area contributed by atoms with Gasteiger partial charge in [-0.25, -0.2) is 0 Å². The van der Waals surface area contributed by atoms with E-state index in [0.717, 1.165) is 5.56 Å². The van der Waals surface area contributed by atoms with E-state index < -0.39 is 0 Å². The first kappa shape index (κ1) is 9.65. The molecule has 2 N–H and O–H groups in total. The van der Waals surface area contributed by atoms with Crippen molar-refractivity contribution in [3.63, 3.8) is 0 Å². The fourth-order valence-corrected chi connectivity index (χ4v) is 1.45. The predicted molar refractivity (Wildman–Crippen MR) is 60.6 cm³/mol. The van der Waals surface area contributed by atoms with Crippen molar-refractivity contribution >= 4 is 13.3 Å². The average Bonchev–Trinajstić information content (AvgIpc) is 2.27. The Morgan fingerprint density at radius 3 is 2.20 bits per heavy atom. The molecule has 15 heavy (non-hydrogen) atoms. The minimum atomic E-state index is -0.104. The van der Waals surface area contributed by atoms with Crippen molar-refractivity contribution in [1.29, 1.82) is 0 Å². The van der Waals surface area contributed by atoms with Gasteiger partial charge >= 0.3 is 0 Å². The molecular weight excluding hydrogens is 187 g/mol. The lowest BCUT2D eigenvalue weighted by atomic mass is 9.89. The average molecular weight is 196 g/mol. The maximum absolute atomic E-state index is 9.75. The first-order chi connectivity index (χ1) is 7.20. The first-order valence-corrected chi connectivity index (χ1v) is 4.56. The molecule has 0 aliphatic carbocycles. The Bertz CT molecular complexity index is 480. The smallest absolute Gasteiger partial charge is 0.124 e. The number of phenolic OH excluding ortho intramolecular Hbond substituents is 2. The SMILES string of the molecule is [B]c1c(O)ccc(-c2ccccc2)c1O. The lowest BCUT2D eigenvalue weighted by Crippen LogP contribution is -2.04. The van der Waals surface area contributed by atoms with E-state index in [1.165, 1.54) is 6.07 Å². The third kappa shape index (κ3) is 1.68. The summed E-state index contributed by atoms with van der Waals surface area (Å²) in [6.07, 6.45) is 0. The van der Waals surface area contributed by atoms with Crippen LogP contribution < -0.4 is 5.46 Å². The maximum Gasteiger partial charge on any atom is 0.124 e. The molecule has 0 saturated heterocycles. The monoisotopic (exact) mass is 196 g/mol. The van der Waals surface area contributed by atoms with Crippen LogP contribution in [0.4, 0.5) is 0 Å². The molecule has 0 heterocycles. The van der Waals surface area contributed by atoms with Gasteiger partial charge in [0.15, 0.2) is 0 Å². The zero-order valence-corrected chi connectivity index (χ0v) is 8.01. The summed E-state index contributed by atoms with van der Waals surface area (Å²) in [4.78, 5) is 0. The normalized spacial score (nSPS) is 10.1. The predicted octanol–water partition coefficient (Wildman–Crippen LogP) is 1.56. The summed E-state index contributed by atoms with van der Waals surface area (Å²) in [5.41, 5.74) is 1.49. The van der Waals surface area contributed by atoms with Crippen molar-refractivity contribution in [1.82, 2.24) is 0 Å². The quantitative estimate of drug-likeness (QED) is 0.679. The molecule has 2 nitrogen and oxygen atoms in total. The van der Waals surface area contributed by atoms with Gasteiger partial charge in [0.1, 0.15) is 19.3 Å². The highest BCUT2D eigenvalue weighted by Crippen LogP contribution is 2.29. The molecule has 0 spiro atoms. The van der Waals surface area contributed by atoms with Gasteiger partial charge in [-0.05, 0) is 23.2 Å². The molecular formula is C12H9BO2. The van der Waals surface area contributed by atoms with Crippen LogP contribution >= 0.6 is 0 Å². The Balaban J connectivity index is 2.60. The van der Waals surface area contributed by atoms with E-state index >= 15 is 0 Å². The van der Waals surface area contributed by atoms with Crippen molar-refractivity contribution in [3.8, 4) is 22.6 Å². The van der Waals surface area contributed by atoms with E-state index in [1.807, 2.05) is 30.3 Å². The molecule has 2 radical (unpaired) electrons. The molecule has 0 aliphatic rings. The lowest BCUT2D eigenvalue weighted by Gasteiger charge is -2.08. The molecule has 0 saturated carbocycles. The highest BCUT2D eigenvalue weighted by molar-refractivity contribution is 6.36. The zero-order chi connectivity index (χ0) is 10.8. The first-order valence-electron chi connectivity index (χ1n) is 4.56. The molecule has 2 aromatic carbocycles. The minimum Gasteiger partial charge on any atom is -0.508 e.